The van der Waals surface area contributed by atoms with E-state index >= 15 is 0 Å². The third-order valence-electron chi connectivity index (χ3n) is 4.00. The zero-order valence-corrected chi connectivity index (χ0v) is 17.0. The smallest absolute Gasteiger partial charge is 0.191 e. The van der Waals surface area contributed by atoms with E-state index in [4.69, 9.17) is 4.52 Å². The third kappa shape index (κ3) is 6.54. The minimum absolute atomic E-state index is 0. The van der Waals surface area contributed by atoms with Gasteiger partial charge in [0.25, 0.3) is 0 Å². The van der Waals surface area contributed by atoms with Gasteiger partial charge in [-0.1, -0.05) is 32.9 Å². The molecule has 0 aliphatic rings. The normalized spacial score (nSPS) is 13.2. The fourth-order valence-electron chi connectivity index (χ4n) is 2.06. The van der Waals surface area contributed by atoms with Crippen LogP contribution in [0.2, 0.25) is 0 Å². The second-order valence-electron chi connectivity index (χ2n) is 5.83. The number of hydrogen-bond donors (Lipinski definition) is 2. The van der Waals surface area contributed by atoms with Crippen molar-refractivity contribution in [2.24, 2.45) is 10.9 Å². The second kappa shape index (κ2) is 10.9. The number of guanidine groups is 1. The molecule has 0 bridgehead atoms. The van der Waals surface area contributed by atoms with E-state index in [9.17, 15) is 0 Å². The predicted octanol–water partition coefficient (Wildman–Crippen LogP) is 3.91. The lowest BCUT2D eigenvalue weighted by atomic mass is 9.99. The number of hydrogen-bond acceptors (Lipinski definition) is 3. The van der Waals surface area contributed by atoms with Gasteiger partial charge in [-0.15, -0.1) is 24.0 Å². The van der Waals surface area contributed by atoms with Crippen molar-refractivity contribution in [3.05, 3.63) is 17.5 Å². The fraction of sp³-hybridized carbons (Fsp3) is 0.750. The number of rotatable bonds is 7. The van der Waals surface area contributed by atoms with Crippen LogP contribution in [0.4, 0.5) is 0 Å². The molecule has 0 saturated heterocycles. The molecule has 6 heteroatoms. The van der Waals surface area contributed by atoms with Crippen LogP contribution in [0, 0.1) is 5.92 Å². The molecule has 1 rings (SSSR count). The molecule has 0 aliphatic carbocycles. The maximum absolute atomic E-state index is 5.40. The van der Waals surface area contributed by atoms with Crippen LogP contribution < -0.4 is 10.6 Å². The molecule has 0 saturated carbocycles. The molecule has 128 valence electrons. The summed E-state index contributed by atoms with van der Waals surface area (Å²) in [5.41, 5.74) is 1.05. The Hall–Kier alpha value is -0.790. The quantitative estimate of drug-likeness (QED) is 0.398. The van der Waals surface area contributed by atoms with Gasteiger partial charge in [0.1, 0.15) is 0 Å². The summed E-state index contributed by atoms with van der Waals surface area (Å²) in [6, 6.07) is 2.41. The number of aliphatic imine (C=N–C) groups is 1. The average Bonchev–Trinajstić information content (AvgIpc) is 2.93. The Morgan fingerprint density at radius 1 is 1.27 bits per heavy atom. The molecule has 1 aromatic heterocycles. The van der Waals surface area contributed by atoms with Gasteiger partial charge >= 0.3 is 0 Å². The van der Waals surface area contributed by atoms with Gasteiger partial charge in [0.2, 0.25) is 0 Å². The number of nitrogens with zero attached hydrogens (tertiary/aromatic N) is 2. The zero-order valence-electron chi connectivity index (χ0n) is 14.6. The Balaban J connectivity index is 0.00000441. The first-order valence-corrected chi connectivity index (χ1v) is 7.94. The van der Waals surface area contributed by atoms with E-state index < -0.39 is 0 Å². The van der Waals surface area contributed by atoms with Crippen LogP contribution in [0.3, 0.4) is 0 Å². The van der Waals surface area contributed by atoms with Crippen molar-refractivity contribution in [3.63, 3.8) is 0 Å². The van der Waals surface area contributed by atoms with Crippen molar-refractivity contribution in [2.75, 3.05) is 7.05 Å². The Kier molecular flexibility index (Phi) is 10.5. The van der Waals surface area contributed by atoms with Gasteiger partial charge in [0, 0.05) is 25.1 Å². The zero-order chi connectivity index (χ0) is 15.8. The van der Waals surface area contributed by atoms with E-state index in [1.54, 1.807) is 7.05 Å². The molecule has 0 radical (unpaired) electrons. The van der Waals surface area contributed by atoms with E-state index in [2.05, 4.69) is 55.4 Å². The van der Waals surface area contributed by atoms with Crippen molar-refractivity contribution in [2.45, 2.75) is 66.0 Å². The maximum Gasteiger partial charge on any atom is 0.191 e. The van der Waals surface area contributed by atoms with E-state index in [1.807, 2.05) is 6.07 Å². The van der Waals surface area contributed by atoms with Crippen molar-refractivity contribution in [1.29, 1.82) is 0 Å². The molecular formula is C16H31IN4O. The molecule has 1 heterocycles. The topological polar surface area (TPSA) is 62.5 Å². The van der Waals surface area contributed by atoms with Gasteiger partial charge in [0.05, 0.1) is 12.2 Å². The summed E-state index contributed by atoms with van der Waals surface area (Å²) in [6.45, 7) is 11.5. The average molecular weight is 422 g/mol. The lowest BCUT2D eigenvalue weighted by molar-refractivity contribution is 0.367. The highest BCUT2D eigenvalue weighted by Gasteiger charge is 2.14. The lowest BCUT2D eigenvalue weighted by Crippen LogP contribution is -2.43. The van der Waals surface area contributed by atoms with Gasteiger partial charge in [-0.3, -0.25) is 4.99 Å². The first kappa shape index (κ1) is 21.2. The molecule has 5 nitrogen and oxygen atoms in total. The molecule has 0 aromatic carbocycles. The molecule has 0 fully saturated rings. The Morgan fingerprint density at radius 2 is 1.91 bits per heavy atom. The monoisotopic (exact) mass is 422 g/mol. The standard InChI is InChI=1S/C16H30N4O.HI/c1-7-13(8-2)15-9-14(21-20-15)10-18-16(17-6)19-12(5)11(3)4;/h9,11-13H,7-8,10H2,1-6H3,(H2,17,18,19);1H. The molecule has 22 heavy (non-hydrogen) atoms. The van der Waals surface area contributed by atoms with Crippen LogP contribution in [0.5, 0.6) is 0 Å². The van der Waals surface area contributed by atoms with E-state index in [1.165, 1.54) is 0 Å². The number of halogens is 1. The summed E-state index contributed by atoms with van der Waals surface area (Å²) in [5, 5.41) is 10.8. The van der Waals surface area contributed by atoms with E-state index in [0.29, 0.717) is 24.4 Å². The molecule has 0 aliphatic heterocycles. The summed E-state index contributed by atoms with van der Waals surface area (Å²) in [5.74, 6) is 2.67. The Labute approximate surface area is 151 Å². The molecule has 0 spiro atoms. The SMILES string of the molecule is CCC(CC)c1cc(CNC(=NC)NC(C)C(C)C)on1.I. The van der Waals surface area contributed by atoms with Crippen LogP contribution in [0.25, 0.3) is 0 Å². The van der Waals surface area contributed by atoms with Gasteiger partial charge in [-0.25, -0.2) is 0 Å². The van der Waals surface area contributed by atoms with Crippen LogP contribution in [0.1, 0.15) is 64.8 Å². The fourth-order valence-corrected chi connectivity index (χ4v) is 2.06. The second-order valence-corrected chi connectivity index (χ2v) is 5.83. The molecule has 1 atom stereocenters. The summed E-state index contributed by atoms with van der Waals surface area (Å²) in [4.78, 5) is 4.23. The highest BCUT2D eigenvalue weighted by Crippen LogP contribution is 2.22. The molecule has 1 unspecified atom stereocenters. The van der Waals surface area contributed by atoms with Gasteiger partial charge in [0.15, 0.2) is 11.7 Å². The van der Waals surface area contributed by atoms with Crippen molar-refractivity contribution < 1.29 is 4.52 Å². The van der Waals surface area contributed by atoms with Crippen molar-refractivity contribution in [3.8, 4) is 0 Å². The summed E-state index contributed by atoms with van der Waals surface area (Å²) in [7, 11) is 1.78. The highest BCUT2D eigenvalue weighted by molar-refractivity contribution is 14.0. The Morgan fingerprint density at radius 3 is 2.41 bits per heavy atom. The van der Waals surface area contributed by atoms with E-state index in [-0.39, 0.29) is 24.0 Å². The van der Waals surface area contributed by atoms with Crippen LogP contribution in [-0.4, -0.2) is 24.2 Å². The van der Waals surface area contributed by atoms with Gasteiger partial charge in [-0.2, -0.15) is 0 Å². The minimum Gasteiger partial charge on any atom is -0.359 e. The largest absolute Gasteiger partial charge is 0.359 e. The Bertz CT molecular complexity index is 441. The predicted molar refractivity (Wildman–Crippen MR) is 103 cm³/mol. The third-order valence-corrected chi connectivity index (χ3v) is 4.00. The first-order valence-electron chi connectivity index (χ1n) is 7.94. The van der Waals surface area contributed by atoms with Crippen molar-refractivity contribution in [1.82, 2.24) is 15.8 Å². The maximum atomic E-state index is 5.40. The van der Waals surface area contributed by atoms with Crippen LogP contribution >= 0.6 is 24.0 Å². The summed E-state index contributed by atoms with van der Waals surface area (Å²) < 4.78 is 5.40. The molecule has 0 amide bonds. The summed E-state index contributed by atoms with van der Waals surface area (Å²) in [6.07, 6.45) is 2.18. The van der Waals surface area contributed by atoms with Crippen LogP contribution in [0.15, 0.2) is 15.6 Å². The number of aromatic nitrogens is 1. The molecule has 2 N–H and O–H groups in total. The van der Waals surface area contributed by atoms with Crippen molar-refractivity contribution >= 4 is 29.9 Å². The minimum atomic E-state index is 0. The van der Waals surface area contributed by atoms with Crippen LogP contribution in [-0.2, 0) is 6.54 Å². The lowest BCUT2D eigenvalue weighted by Gasteiger charge is -2.20. The summed E-state index contributed by atoms with van der Waals surface area (Å²) >= 11 is 0. The number of nitrogens with one attached hydrogen (secondary N) is 2. The molecular weight excluding hydrogens is 391 g/mol. The first-order chi connectivity index (χ1) is 10.0. The van der Waals surface area contributed by atoms with E-state index in [0.717, 1.165) is 30.3 Å². The highest BCUT2D eigenvalue weighted by atomic mass is 127. The van der Waals surface area contributed by atoms with Gasteiger partial charge in [-0.05, 0) is 25.7 Å². The van der Waals surface area contributed by atoms with Gasteiger partial charge < -0.3 is 15.2 Å². The molecule has 1 aromatic rings.